The van der Waals surface area contributed by atoms with Gasteiger partial charge in [0.25, 0.3) is 5.91 Å². The van der Waals surface area contributed by atoms with Crippen molar-refractivity contribution >= 4 is 29.1 Å². The molecule has 2 bridgehead atoms. The fourth-order valence-electron chi connectivity index (χ4n) is 8.45. The number of benzene rings is 3. The zero-order chi connectivity index (χ0) is 35.4. The molecule has 3 aromatic rings. The summed E-state index contributed by atoms with van der Waals surface area (Å²) in [6.07, 6.45) is 3.84. The van der Waals surface area contributed by atoms with Gasteiger partial charge in [0.05, 0.1) is 30.6 Å². The Hall–Kier alpha value is -4.73. The van der Waals surface area contributed by atoms with E-state index in [2.05, 4.69) is 31.9 Å². The molecule has 3 amide bonds. The maximum atomic E-state index is 15.2. The predicted octanol–water partition coefficient (Wildman–Crippen LogP) is 5.37. The van der Waals surface area contributed by atoms with Gasteiger partial charge < -0.3 is 29.4 Å². The summed E-state index contributed by atoms with van der Waals surface area (Å²) in [5.41, 5.74) is 2.13. The third kappa shape index (κ3) is 6.13. The van der Waals surface area contributed by atoms with E-state index in [4.69, 9.17) is 4.74 Å². The molecule has 3 aliphatic heterocycles. The van der Waals surface area contributed by atoms with Gasteiger partial charge in [-0.25, -0.2) is 0 Å². The highest BCUT2D eigenvalue weighted by molar-refractivity contribution is 6.05. The Labute approximate surface area is 295 Å². The molecular formula is C41H48N4O5. The smallest absolute Gasteiger partial charge is 0.253 e. The fourth-order valence-corrected chi connectivity index (χ4v) is 8.45. The minimum atomic E-state index is -1.24. The normalized spacial score (nSPS) is 24.1. The van der Waals surface area contributed by atoms with E-state index in [1.807, 2.05) is 84.9 Å². The Balaban J connectivity index is 1.42. The zero-order valence-electron chi connectivity index (χ0n) is 29.1. The molecule has 3 fully saturated rings. The number of carbonyl (C=O) groups is 3. The van der Waals surface area contributed by atoms with Crippen LogP contribution in [0.2, 0.25) is 0 Å². The average molecular weight is 677 g/mol. The van der Waals surface area contributed by atoms with Crippen molar-refractivity contribution in [3.8, 4) is 0 Å². The van der Waals surface area contributed by atoms with Crippen molar-refractivity contribution in [2.24, 2.45) is 11.8 Å². The molecule has 3 aromatic carbocycles. The van der Waals surface area contributed by atoms with Gasteiger partial charge in [-0.3, -0.25) is 14.4 Å². The van der Waals surface area contributed by atoms with Crippen molar-refractivity contribution in [3.05, 3.63) is 121 Å². The van der Waals surface area contributed by atoms with Crippen molar-refractivity contribution in [3.63, 3.8) is 0 Å². The van der Waals surface area contributed by atoms with Crippen LogP contribution in [0.3, 0.4) is 0 Å². The van der Waals surface area contributed by atoms with Crippen LogP contribution < -0.4 is 9.80 Å². The number of amides is 3. The second-order valence-electron chi connectivity index (χ2n) is 13.3. The minimum Gasteiger partial charge on any atom is -0.394 e. The van der Waals surface area contributed by atoms with Crippen LogP contribution in [-0.4, -0.2) is 83.2 Å². The molecule has 0 aliphatic carbocycles. The molecule has 50 heavy (non-hydrogen) atoms. The Kier molecular flexibility index (Phi) is 10.6. The second kappa shape index (κ2) is 15.0. The summed E-state index contributed by atoms with van der Waals surface area (Å²) in [6.45, 7) is 14.2. The van der Waals surface area contributed by atoms with Crippen molar-refractivity contribution < 1.29 is 24.2 Å². The van der Waals surface area contributed by atoms with Gasteiger partial charge >= 0.3 is 0 Å². The highest BCUT2D eigenvalue weighted by Gasteiger charge is 2.75. The number of likely N-dealkylation sites (tertiary alicyclic amines) is 1. The van der Waals surface area contributed by atoms with Crippen LogP contribution in [0.25, 0.3) is 0 Å². The molecule has 0 saturated carbocycles. The number of carbonyl (C=O) groups excluding carboxylic acids is 3. The Morgan fingerprint density at radius 1 is 0.920 bits per heavy atom. The maximum absolute atomic E-state index is 15.2. The third-order valence-corrected chi connectivity index (χ3v) is 10.7. The first kappa shape index (κ1) is 35.1. The zero-order valence-corrected chi connectivity index (χ0v) is 29.1. The van der Waals surface area contributed by atoms with Gasteiger partial charge in [-0.05, 0) is 62.1 Å². The molecular weight excluding hydrogens is 628 g/mol. The first-order chi connectivity index (χ1) is 24.3. The lowest BCUT2D eigenvalue weighted by atomic mass is 9.70. The number of nitrogens with zero attached hydrogens (tertiary/aromatic N) is 4. The molecule has 9 nitrogen and oxygen atoms in total. The van der Waals surface area contributed by atoms with Crippen LogP contribution in [0.4, 0.5) is 11.4 Å². The molecule has 2 unspecified atom stereocenters. The van der Waals surface area contributed by atoms with Gasteiger partial charge in [0.15, 0.2) is 0 Å². The van der Waals surface area contributed by atoms with Crippen molar-refractivity contribution in [2.75, 3.05) is 42.6 Å². The number of aliphatic hydroxyl groups is 1. The molecule has 0 aromatic heterocycles. The van der Waals surface area contributed by atoms with Gasteiger partial charge in [-0.15, -0.1) is 13.2 Å². The van der Waals surface area contributed by atoms with E-state index in [0.29, 0.717) is 37.2 Å². The van der Waals surface area contributed by atoms with Crippen molar-refractivity contribution in [2.45, 2.75) is 57.0 Å². The number of fused-ring (bicyclic) bond motifs is 1. The molecule has 3 saturated heterocycles. The van der Waals surface area contributed by atoms with Crippen LogP contribution in [-0.2, 0) is 25.7 Å². The topological polar surface area (TPSA) is 93.6 Å². The molecule has 1 spiro atoms. The van der Waals surface area contributed by atoms with Crippen LogP contribution in [0, 0.1) is 11.8 Å². The molecule has 1 N–H and O–H groups in total. The van der Waals surface area contributed by atoms with E-state index in [1.165, 1.54) is 4.90 Å². The van der Waals surface area contributed by atoms with Crippen molar-refractivity contribution in [1.29, 1.82) is 0 Å². The lowest BCUT2D eigenvalue weighted by Crippen LogP contribution is -2.57. The molecule has 6 atom stereocenters. The monoisotopic (exact) mass is 676 g/mol. The summed E-state index contributed by atoms with van der Waals surface area (Å²) < 4.78 is 6.81. The minimum absolute atomic E-state index is 0.193. The van der Waals surface area contributed by atoms with Crippen LogP contribution >= 0.6 is 0 Å². The van der Waals surface area contributed by atoms with E-state index >= 15 is 4.79 Å². The fraction of sp³-hybridized carbons (Fsp3) is 0.390. The van der Waals surface area contributed by atoms with E-state index in [9.17, 15) is 14.7 Å². The van der Waals surface area contributed by atoms with Crippen LogP contribution in [0.15, 0.2) is 110 Å². The van der Waals surface area contributed by atoms with Crippen LogP contribution in [0.1, 0.15) is 43.9 Å². The summed E-state index contributed by atoms with van der Waals surface area (Å²) in [5.74, 6) is -2.54. The van der Waals surface area contributed by atoms with E-state index in [-0.39, 0.29) is 24.3 Å². The Morgan fingerprint density at radius 3 is 2.14 bits per heavy atom. The summed E-state index contributed by atoms with van der Waals surface area (Å²) in [5, 5.41) is 10.9. The molecule has 3 aliphatic rings. The number of rotatable bonds is 15. The summed E-state index contributed by atoms with van der Waals surface area (Å²) in [6, 6.07) is 24.9. The Morgan fingerprint density at radius 2 is 1.54 bits per heavy atom. The molecule has 9 heteroatoms. The van der Waals surface area contributed by atoms with Gasteiger partial charge in [-0.1, -0.05) is 72.8 Å². The maximum Gasteiger partial charge on any atom is 0.253 e. The predicted molar refractivity (Wildman–Crippen MR) is 195 cm³/mol. The van der Waals surface area contributed by atoms with E-state index in [1.54, 1.807) is 22.0 Å². The quantitative estimate of drug-likeness (QED) is 0.218. The molecule has 3 heterocycles. The highest BCUT2D eigenvalue weighted by atomic mass is 16.5. The number of hydrogen-bond donors (Lipinski definition) is 1. The first-order valence-electron chi connectivity index (χ1n) is 17.7. The van der Waals surface area contributed by atoms with E-state index in [0.717, 1.165) is 24.3 Å². The number of aliphatic hydroxyl groups excluding tert-OH is 1. The summed E-state index contributed by atoms with van der Waals surface area (Å²) in [7, 11) is 0. The third-order valence-electron chi connectivity index (χ3n) is 10.7. The Bertz CT molecular complexity index is 1680. The molecule has 262 valence electrons. The van der Waals surface area contributed by atoms with Gasteiger partial charge in [-0.2, -0.15) is 0 Å². The standard InChI is InChI=1S/C41H48N4O5/c1-5-25-43(27-29-15-11-9-12-16-29)38(47)35-34-23-24-41(50-34)36(35)39(48)45(33(28-46)30-17-13-10-14-18-30)37(41)40(49)44(26-6-2)32-21-19-31(20-22-32)42(7-3)8-4/h5-6,9-22,33-37,46H,1-2,7-8,23-28H2,3-4H3/t33-,34+,35-,36+,37?,41?/m1/s1. The number of ether oxygens (including phenoxy) is 1. The first-order valence-corrected chi connectivity index (χ1v) is 17.7. The summed E-state index contributed by atoms with van der Waals surface area (Å²) >= 11 is 0. The average Bonchev–Trinajstić information content (AvgIpc) is 3.79. The van der Waals surface area contributed by atoms with Gasteiger partial charge in [0.2, 0.25) is 11.8 Å². The number of anilines is 2. The largest absolute Gasteiger partial charge is 0.394 e. The van der Waals surface area contributed by atoms with E-state index < -0.39 is 42.2 Å². The summed E-state index contributed by atoms with van der Waals surface area (Å²) in [4.78, 5) is 51.8. The second-order valence-corrected chi connectivity index (χ2v) is 13.3. The number of hydrogen-bond acceptors (Lipinski definition) is 6. The lowest BCUT2D eigenvalue weighted by molar-refractivity contribution is -0.147. The van der Waals surface area contributed by atoms with Crippen molar-refractivity contribution in [1.82, 2.24) is 9.80 Å². The van der Waals surface area contributed by atoms with Crippen LogP contribution in [0.5, 0.6) is 0 Å². The van der Waals surface area contributed by atoms with Gasteiger partial charge in [0, 0.05) is 44.1 Å². The molecule has 0 radical (unpaired) electrons. The highest BCUT2D eigenvalue weighted by Crippen LogP contribution is 2.60. The lowest BCUT2D eigenvalue weighted by Gasteiger charge is -2.39. The van der Waals surface area contributed by atoms with Gasteiger partial charge in [0.1, 0.15) is 11.6 Å². The molecule has 6 rings (SSSR count). The SMILES string of the molecule is C=CCN(Cc1ccccc1)C(=O)[C@@H]1[C@@H]2CCC3(O2)C(C(=O)N(CC=C)c2ccc(N(CC)CC)cc2)N([C@H](CO)c2ccccc2)C(=O)[C@H]13.